The average molecular weight is 290 g/mol. The molecule has 1 atom stereocenters. The lowest BCUT2D eigenvalue weighted by Crippen LogP contribution is -2.22. The lowest BCUT2D eigenvalue weighted by atomic mass is 10.1. The van der Waals surface area contributed by atoms with Gasteiger partial charge in [0.15, 0.2) is 0 Å². The van der Waals surface area contributed by atoms with E-state index in [2.05, 4.69) is 10.3 Å². The summed E-state index contributed by atoms with van der Waals surface area (Å²) in [6.07, 6.45) is 4.84. The summed E-state index contributed by atoms with van der Waals surface area (Å²) >= 11 is 11.8. The molecule has 1 unspecified atom stereocenters. The van der Waals surface area contributed by atoms with E-state index in [1.807, 2.05) is 0 Å². The van der Waals surface area contributed by atoms with Crippen molar-refractivity contribution in [2.75, 3.05) is 24.2 Å². The minimum Gasteiger partial charge on any atom is -0.382 e. The zero-order valence-electron chi connectivity index (χ0n) is 10.1. The summed E-state index contributed by atoms with van der Waals surface area (Å²) in [5.74, 6) is 0.867. The van der Waals surface area contributed by atoms with Gasteiger partial charge >= 0.3 is 0 Å². The van der Waals surface area contributed by atoms with Crippen LogP contribution in [0.2, 0.25) is 10.0 Å². The molecule has 2 heterocycles. The van der Waals surface area contributed by atoms with Crippen LogP contribution < -0.4 is 11.1 Å². The minimum atomic E-state index is 0.289. The van der Waals surface area contributed by atoms with E-state index in [0.29, 0.717) is 22.0 Å². The lowest BCUT2D eigenvalue weighted by Gasteiger charge is -2.22. The predicted octanol–water partition coefficient (Wildman–Crippen LogP) is 3.34. The Labute approximate surface area is 117 Å². The first-order valence-corrected chi connectivity index (χ1v) is 6.89. The Bertz CT molecular complexity index is 409. The first-order valence-electron chi connectivity index (χ1n) is 6.14. The van der Waals surface area contributed by atoms with Gasteiger partial charge in [-0.3, -0.25) is 0 Å². The smallest absolute Gasteiger partial charge is 0.147 e. The van der Waals surface area contributed by atoms with Crippen LogP contribution in [0.15, 0.2) is 6.07 Å². The van der Waals surface area contributed by atoms with Crippen molar-refractivity contribution in [1.29, 1.82) is 0 Å². The molecule has 0 aliphatic carbocycles. The fraction of sp³-hybridized carbons (Fsp3) is 0.583. The standard InChI is InChI=1S/C12H17Cl2N3O/c13-9-7-10(14)12(17-11(9)15)16-5-4-8-3-1-2-6-18-8/h7-8H,1-6H2,(H3,15,16,17). The van der Waals surface area contributed by atoms with E-state index in [9.17, 15) is 0 Å². The summed E-state index contributed by atoms with van der Waals surface area (Å²) in [7, 11) is 0. The van der Waals surface area contributed by atoms with Crippen molar-refractivity contribution in [3.63, 3.8) is 0 Å². The summed E-state index contributed by atoms with van der Waals surface area (Å²) in [6, 6.07) is 1.60. The van der Waals surface area contributed by atoms with Gasteiger partial charge in [-0.05, 0) is 31.7 Å². The molecule has 18 heavy (non-hydrogen) atoms. The third-order valence-corrected chi connectivity index (χ3v) is 3.58. The molecule has 1 fully saturated rings. The SMILES string of the molecule is Nc1nc(NCCC2CCCCO2)c(Cl)cc1Cl. The molecular weight excluding hydrogens is 273 g/mol. The van der Waals surface area contributed by atoms with Crippen LogP contribution in [0, 0.1) is 0 Å². The van der Waals surface area contributed by atoms with Gasteiger partial charge < -0.3 is 15.8 Å². The Morgan fingerprint density at radius 3 is 2.94 bits per heavy atom. The number of nitrogens with zero attached hydrogens (tertiary/aromatic N) is 1. The Morgan fingerprint density at radius 2 is 2.22 bits per heavy atom. The Morgan fingerprint density at radius 1 is 1.39 bits per heavy atom. The molecule has 100 valence electrons. The summed E-state index contributed by atoms with van der Waals surface area (Å²) in [5, 5.41) is 4.03. The molecule has 0 aromatic carbocycles. The van der Waals surface area contributed by atoms with E-state index in [-0.39, 0.29) is 5.82 Å². The zero-order valence-corrected chi connectivity index (χ0v) is 11.6. The normalized spacial score (nSPS) is 19.8. The first kappa shape index (κ1) is 13.7. The number of hydrogen-bond acceptors (Lipinski definition) is 4. The molecule has 1 saturated heterocycles. The van der Waals surface area contributed by atoms with Gasteiger partial charge in [0.1, 0.15) is 11.6 Å². The van der Waals surface area contributed by atoms with Crippen molar-refractivity contribution >= 4 is 34.8 Å². The van der Waals surface area contributed by atoms with Crippen LogP contribution in [-0.4, -0.2) is 24.2 Å². The van der Waals surface area contributed by atoms with E-state index >= 15 is 0 Å². The van der Waals surface area contributed by atoms with E-state index < -0.39 is 0 Å². The van der Waals surface area contributed by atoms with Crippen LogP contribution >= 0.6 is 23.2 Å². The highest BCUT2D eigenvalue weighted by Crippen LogP contribution is 2.27. The maximum absolute atomic E-state index is 6.03. The third kappa shape index (κ3) is 3.64. The van der Waals surface area contributed by atoms with Crippen molar-refractivity contribution < 1.29 is 4.74 Å². The second-order valence-corrected chi connectivity index (χ2v) is 5.20. The van der Waals surface area contributed by atoms with E-state index in [1.165, 1.54) is 12.8 Å². The van der Waals surface area contributed by atoms with Crippen LogP contribution in [0.5, 0.6) is 0 Å². The van der Waals surface area contributed by atoms with Gasteiger partial charge in [-0.2, -0.15) is 0 Å². The third-order valence-electron chi connectivity index (χ3n) is 2.99. The minimum absolute atomic E-state index is 0.289. The van der Waals surface area contributed by atoms with Crippen LogP contribution in [0.4, 0.5) is 11.6 Å². The Hall–Kier alpha value is -0.710. The van der Waals surface area contributed by atoms with Gasteiger partial charge in [-0.15, -0.1) is 0 Å². The molecule has 1 aromatic rings. The fourth-order valence-corrected chi connectivity index (χ4v) is 2.42. The van der Waals surface area contributed by atoms with Crippen LogP contribution in [0.3, 0.4) is 0 Å². The van der Waals surface area contributed by atoms with Crippen LogP contribution in [0.25, 0.3) is 0 Å². The summed E-state index contributed by atoms with van der Waals surface area (Å²) in [4.78, 5) is 4.12. The molecule has 0 amide bonds. The molecule has 0 spiro atoms. The zero-order chi connectivity index (χ0) is 13.0. The summed E-state index contributed by atoms with van der Waals surface area (Å²) < 4.78 is 5.65. The average Bonchev–Trinajstić information content (AvgIpc) is 2.37. The van der Waals surface area contributed by atoms with Crippen molar-refractivity contribution in [3.05, 3.63) is 16.1 Å². The summed E-state index contributed by atoms with van der Waals surface area (Å²) in [5.41, 5.74) is 5.64. The maximum Gasteiger partial charge on any atom is 0.147 e. The number of pyridine rings is 1. The van der Waals surface area contributed by atoms with Crippen LogP contribution in [-0.2, 0) is 4.74 Å². The van der Waals surface area contributed by atoms with E-state index in [4.69, 9.17) is 33.7 Å². The van der Waals surface area contributed by atoms with Gasteiger partial charge in [-0.25, -0.2) is 4.98 Å². The number of anilines is 2. The number of rotatable bonds is 4. The molecule has 1 aromatic heterocycles. The molecule has 6 heteroatoms. The summed E-state index contributed by atoms with van der Waals surface area (Å²) in [6.45, 7) is 1.63. The second-order valence-electron chi connectivity index (χ2n) is 4.39. The van der Waals surface area contributed by atoms with Gasteiger partial charge in [0.2, 0.25) is 0 Å². The van der Waals surface area contributed by atoms with Crippen molar-refractivity contribution in [2.24, 2.45) is 0 Å². The largest absolute Gasteiger partial charge is 0.382 e. The number of nitrogens with one attached hydrogen (secondary N) is 1. The molecule has 0 saturated carbocycles. The van der Waals surface area contributed by atoms with Gasteiger partial charge in [-0.1, -0.05) is 23.2 Å². The topological polar surface area (TPSA) is 60.2 Å². The monoisotopic (exact) mass is 289 g/mol. The second kappa shape index (κ2) is 6.45. The number of aromatic nitrogens is 1. The molecule has 0 radical (unpaired) electrons. The number of nitrogens with two attached hydrogens (primary N) is 1. The lowest BCUT2D eigenvalue weighted by molar-refractivity contribution is 0.0134. The maximum atomic E-state index is 6.03. The number of ether oxygens (including phenoxy) is 1. The number of hydrogen-bond donors (Lipinski definition) is 2. The molecular formula is C12H17Cl2N3O. The van der Waals surface area contributed by atoms with Gasteiger partial charge in [0, 0.05) is 13.2 Å². The quantitative estimate of drug-likeness (QED) is 0.892. The van der Waals surface area contributed by atoms with E-state index in [0.717, 1.165) is 26.0 Å². The van der Waals surface area contributed by atoms with Crippen molar-refractivity contribution in [2.45, 2.75) is 31.8 Å². The number of halogens is 2. The van der Waals surface area contributed by atoms with Gasteiger partial charge in [0.25, 0.3) is 0 Å². The van der Waals surface area contributed by atoms with Crippen molar-refractivity contribution in [3.8, 4) is 0 Å². The predicted molar refractivity (Wildman–Crippen MR) is 75.4 cm³/mol. The fourth-order valence-electron chi connectivity index (χ4n) is 1.99. The molecule has 3 N–H and O–H groups in total. The first-order chi connectivity index (χ1) is 8.66. The Kier molecular flexibility index (Phi) is 4.92. The van der Waals surface area contributed by atoms with Crippen molar-refractivity contribution in [1.82, 2.24) is 4.98 Å². The molecule has 1 aliphatic heterocycles. The highest BCUT2D eigenvalue weighted by atomic mass is 35.5. The van der Waals surface area contributed by atoms with Crippen LogP contribution in [0.1, 0.15) is 25.7 Å². The Balaban J connectivity index is 1.84. The molecule has 1 aliphatic rings. The molecule has 2 rings (SSSR count). The molecule has 0 bridgehead atoms. The highest BCUT2D eigenvalue weighted by molar-refractivity contribution is 6.37. The highest BCUT2D eigenvalue weighted by Gasteiger charge is 2.13. The molecule has 4 nitrogen and oxygen atoms in total. The number of nitrogen functional groups attached to an aromatic ring is 1. The van der Waals surface area contributed by atoms with E-state index in [1.54, 1.807) is 6.07 Å². The van der Waals surface area contributed by atoms with Gasteiger partial charge in [0.05, 0.1) is 16.1 Å².